The van der Waals surface area contributed by atoms with Crippen molar-refractivity contribution in [1.29, 1.82) is 0 Å². The first kappa shape index (κ1) is 11.2. The Morgan fingerprint density at radius 1 is 1.71 bits per heavy atom. The molecule has 0 saturated carbocycles. The van der Waals surface area contributed by atoms with Crippen LogP contribution >= 0.6 is 0 Å². The number of rotatable bonds is 3. The van der Waals surface area contributed by atoms with Gasteiger partial charge < -0.3 is 10.2 Å². The summed E-state index contributed by atoms with van der Waals surface area (Å²) in [4.78, 5) is 13.8. The number of carbonyl (C=O) groups is 1. The molecule has 1 unspecified atom stereocenters. The summed E-state index contributed by atoms with van der Waals surface area (Å²) < 4.78 is 0. The SMILES string of the molecule is C=CCN(C)C(=O)C1(C)CCCNC1. The van der Waals surface area contributed by atoms with Crippen molar-refractivity contribution in [3.05, 3.63) is 12.7 Å². The van der Waals surface area contributed by atoms with Gasteiger partial charge in [0.15, 0.2) is 0 Å². The highest BCUT2D eigenvalue weighted by Crippen LogP contribution is 2.27. The summed E-state index contributed by atoms with van der Waals surface area (Å²) in [7, 11) is 1.84. The van der Waals surface area contributed by atoms with Gasteiger partial charge in [-0.1, -0.05) is 6.08 Å². The van der Waals surface area contributed by atoms with Crippen molar-refractivity contribution in [3.63, 3.8) is 0 Å². The fourth-order valence-electron chi connectivity index (χ4n) is 1.98. The maximum absolute atomic E-state index is 12.0. The Labute approximate surface area is 86.2 Å². The molecule has 14 heavy (non-hydrogen) atoms. The molecule has 1 amide bonds. The van der Waals surface area contributed by atoms with E-state index in [2.05, 4.69) is 11.9 Å². The van der Waals surface area contributed by atoms with Crippen LogP contribution in [0.25, 0.3) is 0 Å². The lowest BCUT2D eigenvalue weighted by atomic mass is 9.81. The van der Waals surface area contributed by atoms with E-state index in [1.54, 1.807) is 11.0 Å². The standard InChI is InChI=1S/C11H20N2O/c1-4-8-13(3)10(14)11(2)6-5-7-12-9-11/h4,12H,1,5-9H2,2-3H3. The first-order chi connectivity index (χ1) is 6.60. The average Bonchev–Trinajstić information content (AvgIpc) is 2.18. The molecular formula is C11H20N2O. The van der Waals surface area contributed by atoms with Crippen LogP contribution in [0.2, 0.25) is 0 Å². The second kappa shape index (κ2) is 4.60. The van der Waals surface area contributed by atoms with E-state index in [0.29, 0.717) is 6.54 Å². The molecule has 1 fully saturated rings. The molecule has 3 heteroatoms. The van der Waals surface area contributed by atoms with Crippen molar-refractivity contribution in [3.8, 4) is 0 Å². The van der Waals surface area contributed by atoms with E-state index in [4.69, 9.17) is 0 Å². The zero-order valence-corrected chi connectivity index (χ0v) is 9.18. The number of nitrogens with zero attached hydrogens (tertiary/aromatic N) is 1. The van der Waals surface area contributed by atoms with Crippen LogP contribution in [0.15, 0.2) is 12.7 Å². The second-order valence-electron chi connectivity index (χ2n) is 4.32. The van der Waals surface area contributed by atoms with Crippen LogP contribution in [0.1, 0.15) is 19.8 Å². The summed E-state index contributed by atoms with van der Waals surface area (Å²) >= 11 is 0. The van der Waals surface area contributed by atoms with Crippen molar-refractivity contribution >= 4 is 5.91 Å². The highest BCUT2D eigenvalue weighted by molar-refractivity contribution is 5.82. The molecule has 0 aromatic carbocycles. The highest BCUT2D eigenvalue weighted by Gasteiger charge is 2.36. The average molecular weight is 196 g/mol. The van der Waals surface area contributed by atoms with Crippen LogP contribution in [0, 0.1) is 5.41 Å². The fraction of sp³-hybridized carbons (Fsp3) is 0.727. The predicted octanol–water partition coefficient (Wildman–Crippen LogP) is 1.02. The number of nitrogens with one attached hydrogen (secondary N) is 1. The van der Waals surface area contributed by atoms with E-state index >= 15 is 0 Å². The van der Waals surface area contributed by atoms with Gasteiger partial charge in [-0.15, -0.1) is 6.58 Å². The van der Waals surface area contributed by atoms with Crippen LogP contribution in [-0.2, 0) is 4.79 Å². The Morgan fingerprint density at radius 2 is 2.43 bits per heavy atom. The molecule has 1 saturated heterocycles. The molecule has 0 radical (unpaired) electrons. The Balaban J connectivity index is 2.60. The van der Waals surface area contributed by atoms with Gasteiger partial charge in [0.1, 0.15) is 0 Å². The van der Waals surface area contributed by atoms with Gasteiger partial charge in [-0.05, 0) is 26.3 Å². The third kappa shape index (κ3) is 2.35. The third-order valence-corrected chi connectivity index (χ3v) is 2.86. The summed E-state index contributed by atoms with van der Waals surface area (Å²) in [6.45, 7) is 8.15. The van der Waals surface area contributed by atoms with E-state index in [0.717, 1.165) is 25.9 Å². The van der Waals surface area contributed by atoms with Crippen LogP contribution in [0.5, 0.6) is 0 Å². The Hall–Kier alpha value is -0.830. The summed E-state index contributed by atoms with van der Waals surface area (Å²) in [6.07, 6.45) is 3.84. The van der Waals surface area contributed by atoms with Gasteiger partial charge in [-0.25, -0.2) is 0 Å². The van der Waals surface area contributed by atoms with Gasteiger partial charge in [0.05, 0.1) is 5.41 Å². The van der Waals surface area contributed by atoms with Crippen molar-refractivity contribution < 1.29 is 4.79 Å². The highest BCUT2D eigenvalue weighted by atomic mass is 16.2. The van der Waals surface area contributed by atoms with Crippen molar-refractivity contribution in [2.75, 3.05) is 26.7 Å². The van der Waals surface area contributed by atoms with E-state index in [1.165, 1.54) is 0 Å². The molecule has 1 heterocycles. The minimum Gasteiger partial charge on any atom is -0.342 e. The largest absolute Gasteiger partial charge is 0.342 e. The molecule has 0 spiro atoms. The van der Waals surface area contributed by atoms with Crippen molar-refractivity contribution in [2.24, 2.45) is 5.41 Å². The second-order valence-corrected chi connectivity index (χ2v) is 4.32. The van der Waals surface area contributed by atoms with Gasteiger partial charge in [-0.2, -0.15) is 0 Å². The zero-order chi connectivity index (χ0) is 10.6. The lowest BCUT2D eigenvalue weighted by molar-refractivity contribution is -0.140. The zero-order valence-electron chi connectivity index (χ0n) is 9.18. The first-order valence-corrected chi connectivity index (χ1v) is 5.17. The fourth-order valence-corrected chi connectivity index (χ4v) is 1.98. The molecule has 1 atom stereocenters. The Kier molecular flexibility index (Phi) is 3.69. The molecule has 1 rings (SSSR count). The smallest absolute Gasteiger partial charge is 0.229 e. The number of hydrogen-bond acceptors (Lipinski definition) is 2. The summed E-state index contributed by atoms with van der Waals surface area (Å²) in [5.74, 6) is 0.226. The maximum Gasteiger partial charge on any atom is 0.229 e. The van der Waals surface area contributed by atoms with Gasteiger partial charge in [0.25, 0.3) is 0 Å². The minimum atomic E-state index is -0.212. The quantitative estimate of drug-likeness (QED) is 0.684. The predicted molar refractivity (Wildman–Crippen MR) is 58.0 cm³/mol. The molecule has 0 aliphatic carbocycles. The van der Waals surface area contributed by atoms with Crippen molar-refractivity contribution in [2.45, 2.75) is 19.8 Å². The first-order valence-electron chi connectivity index (χ1n) is 5.17. The number of amides is 1. The number of likely N-dealkylation sites (N-methyl/N-ethyl adjacent to an activating group) is 1. The molecule has 0 aromatic heterocycles. The lowest BCUT2D eigenvalue weighted by Gasteiger charge is -2.35. The van der Waals surface area contributed by atoms with Gasteiger partial charge in [0.2, 0.25) is 5.91 Å². The molecular weight excluding hydrogens is 176 g/mol. The Bertz CT molecular complexity index is 219. The third-order valence-electron chi connectivity index (χ3n) is 2.86. The summed E-state index contributed by atoms with van der Waals surface area (Å²) in [5.41, 5.74) is -0.212. The van der Waals surface area contributed by atoms with E-state index < -0.39 is 0 Å². The van der Waals surface area contributed by atoms with Crippen LogP contribution < -0.4 is 5.32 Å². The van der Waals surface area contributed by atoms with Gasteiger partial charge in [0, 0.05) is 20.1 Å². The van der Waals surface area contributed by atoms with Crippen LogP contribution in [-0.4, -0.2) is 37.5 Å². The molecule has 1 aliphatic heterocycles. The normalized spacial score (nSPS) is 27.0. The van der Waals surface area contributed by atoms with Crippen molar-refractivity contribution in [1.82, 2.24) is 10.2 Å². The van der Waals surface area contributed by atoms with Crippen LogP contribution in [0.3, 0.4) is 0 Å². The molecule has 0 bridgehead atoms. The van der Waals surface area contributed by atoms with Crippen LogP contribution in [0.4, 0.5) is 0 Å². The molecule has 80 valence electrons. The van der Waals surface area contributed by atoms with E-state index in [-0.39, 0.29) is 11.3 Å². The molecule has 3 nitrogen and oxygen atoms in total. The summed E-state index contributed by atoms with van der Waals surface area (Å²) in [6, 6.07) is 0. The van der Waals surface area contributed by atoms with Gasteiger partial charge >= 0.3 is 0 Å². The lowest BCUT2D eigenvalue weighted by Crippen LogP contribution is -2.49. The monoisotopic (exact) mass is 196 g/mol. The van der Waals surface area contributed by atoms with E-state index in [1.807, 2.05) is 14.0 Å². The van der Waals surface area contributed by atoms with Gasteiger partial charge in [-0.3, -0.25) is 4.79 Å². The number of piperidine rings is 1. The molecule has 1 N–H and O–H groups in total. The topological polar surface area (TPSA) is 32.3 Å². The molecule has 1 aliphatic rings. The number of hydrogen-bond donors (Lipinski definition) is 1. The summed E-state index contributed by atoms with van der Waals surface area (Å²) in [5, 5.41) is 3.28. The minimum absolute atomic E-state index is 0.212. The number of carbonyl (C=O) groups excluding carboxylic acids is 1. The maximum atomic E-state index is 12.0. The Morgan fingerprint density at radius 3 is 2.93 bits per heavy atom. The van der Waals surface area contributed by atoms with E-state index in [9.17, 15) is 4.79 Å². The molecule has 0 aromatic rings.